The molecule has 0 bridgehead atoms. The Labute approximate surface area is 161 Å². The number of amides is 1. The first-order valence-electron chi connectivity index (χ1n) is 8.29. The van der Waals surface area contributed by atoms with Crippen molar-refractivity contribution in [2.75, 3.05) is 23.3 Å². The summed E-state index contributed by atoms with van der Waals surface area (Å²) in [6.07, 6.45) is -2.09. The van der Waals surface area contributed by atoms with E-state index < -0.39 is 23.5 Å². The number of aromatic nitrogens is 1. The zero-order valence-electron chi connectivity index (χ0n) is 14.1. The van der Waals surface area contributed by atoms with Crippen LogP contribution in [-0.4, -0.2) is 24.0 Å². The van der Waals surface area contributed by atoms with Crippen molar-refractivity contribution in [2.24, 2.45) is 5.92 Å². The second-order valence-corrected chi connectivity index (χ2v) is 7.13. The van der Waals surface area contributed by atoms with Gasteiger partial charge < -0.3 is 10.2 Å². The summed E-state index contributed by atoms with van der Waals surface area (Å²) in [5.41, 5.74) is -0.403. The first-order valence-corrected chi connectivity index (χ1v) is 9.08. The second-order valence-electron chi connectivity index (χ2n) is 6.27. The maximum Gasteiger partial charge on any atom is 0.419 e. The number of carbonyl (C=O) groups excluding carboxylic acids is 1. The first-order chi connectivity index (χ1) is 12.8. The molecule has 27 heavy (non-hydrogen) atoms. The molecule has 1 fully saturated rings. The lowest BCUT2D eigenvalue weighted by atomic mass is 9.96. The van der Waals surface area contributed by atoms with E-state index in [-0.39, 0.29) is 18.3 Å². The van der Waals surface area contributed by atoms with Gasteiger partial charge in [-0.05, 0) is 59.1 Å². The second kappa shape index (κ2) is 7.84. The summed E-state index contributed by atoms with van der Waals surface area (Å²) in [5, 5.41) is 2.70. The fourth-order valence-corrected chi connectivity index (χ4v) is 3.53. The number of nitrogens with one attached hydrogen (secondary N) is 1. The van der Waals surface area contributed by atoms with E-state index in [0.29, 0.717) is 29.5 Å². The van der Waals surface area contributed by atoms with Crippen molar-refractivity contribution in [3.63, 3.8) is 0 Å². The molecule has 1 amide bonds. The molecule has 0 radical (unpaired) electrons. The van der Waals surface area contributed by atoms with E-state index in [0.717, 1.165) is 6.07 Å². The number of halogens is 5. The van der Waals surface area contributed by atoms with Gasteiger partial charge in [-0.2, -0.15) is 13.2 Å². The SMILES string of the molecule is O=C(Nc1ccc(F)cc1Br)C1CCCN(c2ncccc2C(F)(F)F)C1. The molecule has 0 aliphatic carbocycles. The number of carbonyl (C=O) groups is 1. The van der Waals surface area contributed by atoms with Gasteiger partial charge in [-0.25, -0.2) is 9.37 Å². The van der Waals surface area contributed by atoms with Crippen molar-refractivity contribution in [2.45, 2.75) is 19.0 Å². The predicted molar refractivity (Wildman–Crippen MR) is 96.9 cm³/mol. The van der Waals surface area contributed by atoms with Gasteiger partial charge in [0.05, 0.1) is 17.2 Å². The van der Waals surface area contributed by atoms with Crippen molar-refractivity contribution in [3.05, 3.63) is 52.4 Å². The molecule has 0 saturated carbocycles. The minimum absolute atomic E-state index is 0.130. The van der Waals surface area contributed by atoms with Gasteiger partial charge in [0.1, 0.15) is 11.6 Å². The van der Waals surface area contributed by atoms with E-state index in [1.807, 2.05) is 0 Å². The average Bonchev–Trinajstić information content (AvgIpc) is 2.63. The minimum atomic E-state index is -4.52. The van der Waals surface area contributed by atoms with Crippen LogP contribution in [0.15, 0.2) is 41.0 Å². The molecular weight excluding hydrogens is 430 g/mol. The van der Waals surface area contributed by atoms with E-state index >= 15 is 0 Å². The molecule has 1 aromatic carbocycles. The van der Waals surface area contributed by atoms with E-state index in [1.54, 1.807) is 0 Å². The summed E-state index contributed by atoms with van der Waals surface area (Å²) in [7, 11) is 0. The van der Waals surface area contributed by atoms with Crippen LogP contribution in [-0.2, 0) is 11.0 Å². The van der Waals surface area contributed by atoms with E-state index in [1.165, 1.54) is 35.4 Å². The molecule has 1 atom stereocenters. The quantitative estimate of drug-likeness (QED) is 0.686. The van der Waals surface area contributed by atoms with Crippen LogP contribution < -0.4 is 10.2 Å². The predicted octanol–water partition coefficient (Wildman–Crippen LogP) is 4.86. The van der Waals surface area contributed by atoms with Crippen molar-refractivity contribution in [3.8, 4) is 0 Å². The number of hydrogen-bond donors (Lipinski definition) is 1. The first kappa shape index (κ1) is 19.6. The highest BCUT2D eigenvalue weighted by molar-refractivity contribution is 9.10. The average molecular weight is 446 g/mol. The summed E-state index contributed by atoms with van der Waals surface area (Å²) in [4.78, 5) is 18.0. The van der Waals surface area contributed by atoms with Gasteiger partial charge in [0.25, 0.3) is 0 Å². The third-order valence-electron chi connectivity index (χ3n) is 4.37. The Bertz CT molecular complexity index is 844. The fourth-order valence-electron chi connectivity index (χ4n) is 3.08. The summed E-state index contributed by atoms with van der Waals surface area (Å²) < 4.78 is 53.3. The number of alkyl halides is 3. The molecule has 2 aromatic rings. The molecule has 1 aliphatic rings. The topological polar surface area (TPSA) is 45.2 Å². The highest BCUT2D eigenvalue weighted by Crippen LogP contribution is 2.36. The standard InChI is InChI=1S/C18H16BrF4N3O/c19-14-9-12(20)5-6-15(14)25-17(27)11-3-2-8-26(10-11)16-13(18(21,22)23)4-1-7-24-16/h1,4-7,9,11H,2-3,8,10H2,(H,25,27). The molecular formula is C18H16BrF4N3O. The van der Waals surface area contributed by atoms with Gasteiger partial charge in [0.15, 0.2) is 0 Å². The Morgan fingerprint density at radius 2 is 2.07 bits per heavy atom. The molecule has 1 unspecified atom stereocenters. The van der Waals surface area contributed by atoms with Crippen LogP contribution in [0.4, 0.5) is 29.1 Å². The molecule has 4 nitrogen and oxygen atoms in total. The Balaban J connectivity index is 1.76. The van der Waals surface area contributed by atoms with Crippen LogP contribution in [0.1, 0.15) is 18.4 Å². The molecule has 1 N–H and O–H groups in total. The van der Waals surface area contributed by atoms with Crippen molar-refractivity contribution in [1.82, 2.24) is 4.98 Å². The number of rotatable bonds is 3. The summed E-state index contributed by atoms with van der Waals surface area (Å²) in [5.74, 6) is -1.43. The van der Waals surface area contributed by atoms with Gasteiger partial charge in [-0.15, -0.1) is 0 Å². The number of pyridine rings is 1. The van der Waals surface area contributed by atoms with Gasteiger partial charge in [0.2, 0.25) is 5.91 Å². The smallest absolute Gasteiger partial charge is 0.355 e. The summed E-state index contributed by atoms with van der Waals surface area (Å²) in [6, 6.07) is 6.11. The number of piperidine rings is 1. The van der Waals surface area contributed by atoms with Crippen LogP contribution in [0, 0.1) is 11.7 Å². The Morgan fingerprint density at radius 3 is 2.78 bits per heavy atom. The van der Waals surface area contributed by atoms with E-state index in [4.69, 9.17) is 0 Å². The molecule has 1 aromatic heterocycles. The number of anilines is 2. The van der Waals surface area contributed by atoms with Gasteiger partial charge in [-0.3, -0.25) is 4.79 Å². The Kier molecular flexibility index (Phi) is 5.69. The molecule has 0 spiro atoms. The van der Waals surface area contributed by atoms with Crippen molar-refractivity contribution >= 4 is 33.3 Å². The van der Waals surface area contributed by atoms with Crippen LogP contribution in [0.5, 0.6) is 0 Å². The minimum Gasteiger partial charge on any atom is -0.355 e. The molecule has 3 rings (SSSR count). The summed E-state index contributed by atoms with van der Waals surface area (Å²) in [6.45, 7) is 0.523. The Hall–Kier alpha value is -2.16. The normalized spacial score (nSPS) is 17.7. The lowest BCUT2D eigenvalue weighted by molar-refractivity contribution is -0.137. The molecule has 1 saturated heterocycles. The molecule has 2 heterocycles. The monoisotopic (exact) mass is 445 g/mol. The van der Waals surface area contributed by atoms with Gasteiger partial charge in [0, 0.05) is 23.8 Å². The van der Waals surface area contributed by atoms with E-state index in [2.05, 4.69) is 26.2 Å². The molecule has 9 heteroatoms. The van der Waals surface area contributed by atoms with Crippen molar-refractivity contribution in [1.29, 1.82) is 0 Å². The number of benzene rings is 1. The zero-order valence-corrected chi connectivity index (χ0v) is 15.6. The van der Waals surface area contributed by atoms with Gasteiger partial charge in [-0.1, -0.05) is 0 Å². The fraction of sp³-hybridized carbons (Fsp3) is 0.333. The maximum atomic E-state index is 13.2. The third kappa shape index (κ3) is 4.58. The largest absolute Gasteiger partial charge is 0.419 e. The van der Waals surface area contributed by atoms with E-state index in [9.17, 15) is 22.4 Å². The van der Waals surface area contributed by atoms with Crippen molar-refractivity contribution < 1.29 is 22.4 Å². The van der Waals surface area contributed by atoms with Crippen LogP contribution in [0.3, 0.4) is 0 Å². The summed E-state index contributed by atoms with van der Waals surface area (Å²) >= 11 is 3.18. The highest BCUT2D eigenvalue weighted by Gasteiger charge is 2.37. The van der Waals surface area contributed by atoms with Crippen LogP contribution in [0.25, 0.3) is 0 Å². The number of nitrogens with zero attached hydrogens (tertiary/aromatic N) is 2. The molecule has 144 valence electrons. The molecule has 1 aliphatic heterocycles. The third-order valence-corrected chi connectivity index (χ3v) is 5.03. The maximum absolute atomic E-state index is 13.2. The highest BCUT2D eigenvalue weighted by atomic mass is 79.9. The van der Waals surface area contributed by atoms with Gasteiger partial charge >= 0.3 is 6.18 Å². The lowest BCUT2D eigenvalue weighted by Gasteiger charge is -2.34. The lowest BCUT2D eigenvalue weighted by Crippen LogP contribution is -2.42. The van der Waals surface area contributed by atoms with Crippen LogP contribution in [0.2, 0.25) is 0 Å². The zero-order chi connectivity index (χ0) is 19.6. The van der Waals surface area contributed by atoms with Crippen LogP contribution >= 0.6 is 15.9 Å². The number of hydrogen-bond acceptors (Lipinski definition) is 3. The Morgan fingerprint density at radius 1 is 1.30 bits per heavy atom.